The van der Waals surface area contributed by atoms with Crippen LogP contribution in [0.4, 0.5) is 8.78 Å². The zero-order chi connectivity index (χ0) is 21.2. The minimum Gasteiger partial charge on any atom is -0.478 e. The highest BCUT2D eigenvalue weighted by atomic mass is 32.2. The van der Waals surface area contributed by atoms with Crippen molar-refractivity contribution in [3.8, 4) is 16.3 Å². The molecule has 2 aromatic carbocycles. The second-order valence-corrected chi connectivity index (χ2v) is 8.87. The van der Waals surface area contributed by atoms with Gasteiger partial charge in [-0.15, -0.1) is 22.0 Å². The van der Waals surface area contributed by atoms with Crippen molar-refractivity contribution < 1.29 is 23.4 Å². The monoisotopic (exact) mass is 436 g/mol. The predicted octanol–water partition coefficient (Wildman–Crippen LogP) is 5.33. The van der Waals surface area contributed by atoms with Crippen molar-refractivity contribution in [3.05, 3.63) is 58.6 Å². The molecule has 5 nitrogen and oxygen atoms in total. The molecule has 3 aromatic rings. The van der Waals surface area contributed by atoms with Crippen LogP contribution in [0, 0.1) is 18.6 Å². The molecule has 0 aliphatic heterocycles. The number of hydrogen-bond acceptors (Lipinski definition) is 6. The van der Waals surface area contributed by atoms with Crippen LogP contribution >= 0.6 is 23.1 Å². The highest BCUT2D eigenvalue weighted by Gasteiger charge is 2.29. The number of halogens is 2. The molecule has 0 atom stereocenters. The van der Waals surface area contributed by atoms with Crippen molar-refractivity contribution in [2.24, 2.45) is 0 Å². The summed E-state index contributed by atoms with van der Waals surface area (Å²) in [6.45, 7) is 4.85. The van der Waals surface area contributed by atoms with Gasteiger partial charge in [-0.2, -0.15) is 0 Å². The number of carbonyl (C=O) groups is 1. The average molecular weight is 437 g/mol. The lowest BCUT2D eigenvalue weighted by Gasteiger charge is -2.22. The fourth-order valence-electron chi connectivity index (χ4n) is 2.35. The summed E-state index contributed by atoms with van der Waals surface area (Å²) in [5, 5.41) is 18.6. The summed E-state index contributed by atoms with van der Waals surface area (Å²) < 4.78 is 32.1. The molecule has 0 amide bonds. The molecule has 0 aliphatic rings. The second kappa shape index (κ2) is 8.46. The molecular formula is C20H18F2N2O3S2. The molecule has 0 saturated carbocycles. The second-order valence-electron chi connectivity index (χ2n) is 6.76. The maximum absolute atomic E-state index is 13.4. The lowest BCUT2D eigenvalue weighted by atomic mass is 10.1. The third-order valence-electron chi connectivity index (χ3n) is 4.02. The fraction of sp³-hybridized carbons (Fsp3) is 0.250. The molecule has 1 aromatic heterocycles. The van der Waals surface area contributed by atoms with Crippen LogP contribution in [0.15, 0.2) is 41.3 Å². The Morgan fingerprint density at radius 1 is 1.17 bits per heavy atom. The summed E-state index contributed by atoms with van der Waals surface area (Å²) in [5.41, 5.74) is -0.0116. The zero-order valence-electron chi connectivity index (χ0n) is 15.9. The standard InChI is InChI=1S/C20H18F2N2O3S2/c1-11-8-13(5-7-16(11)27-20(2,3)19(25)26)28-10-17-23-24-18(29-17)12-4-6-14(21)15(22)9-12/h4-9H,10H2,1-3H3,(H,25,26). The van der Waals surface area contributed by atoms with E-state index in [9.17, 15) is 18.7 Å². The molecule has 0 unspecified atom stereocenters. The van der Waals surface area contributed by atoms with Crippen LogP contribution in [0.2, 0.25) is 0 Å². The molecule has 0 aliphatic carbocycles. The van der Waals surface area contributed by atoms with Gasteiger partial charge in [-0.05, 0) is 62.7 Å². The van der Waals surface area contributed by atoms with Crippen LogP contribution < -0.4 is 4.74 Å². The maximum atomic E-state index is 13.4. The topological polar surface area (TPSA) is 72.3 Å². The maximum Gasteiger partial charge on any atom is 0.347 e. The molecule has 3 rings (SSSR count). The third kappa shape index (κ3) is 5.10. The van der Waals surface area contributed by atoms with Crippen LogP contribution in [-0.4, -0.2) is 26.9 Å². The first-order valence-electron chi connectivity index (χ1n) is 8.59. The Hall–Kier alpha value is -2.52. The number of hydrogen-bond donors (Lipinski definition) is 1. The van der Waals surface area contributed by atoms with Crippen LogP contribution in [0.5, 0.6) is 5.75 Å². The van der Waals surface area contributed by atoms with Gasteiger partial charge in [-0.1, -0.05) is 11.3 Å². The van der Waals surface area contributed by atoms with E-state index in [4.69, 9.17) is 4.74 Å². The Kier molecular flexibility index (Phi) is 6.18. The van der Waals surface area contributed by atoms with Gasteiger partial charge in [0.2, 0.25) is 0 Å². The number of aryl methyl sites for hydroxylation is 1. The normalized spacial score (nSPS) is 11.5. The number of benzene rings is 2. The lowest BCUT2D eigenvalue weighted by Crippen LogP contribution is -2.38. The first-order valence-corrected chi connectivity index (χ1v) is 10.4. The van der Waals surface area contributed by atoms with E-state index in [-0.39, 0.29) is 0 Å². The molecule has 1 heterocycles. The molecule has 0 fully saturated rings. The van der Waals surface area contributed by atoms with E-state index in [0.717, 1.165) is 27.6 Å². The number of ether oxygens (including phenoxy) is 1. The van der Waals surface area contributed by atoms with Crippen LogP contribution in [0.25, 0.3) is 10.6 Å². The Balaban J connectivity index is 1.66. The summed E-state index contributed by atoms with van der Waals surface area (Å²) in [6, 6.07) is 9.15. The largest absolute Gasteiger partial charge is 0.478 e. The van der Waals surface area contributed by atoms with Crippen LogP contribution in [0.1, 0.15) is 24.4 Å². The van der Waals surface area contributed by atoms with Crippen LogP contribution in [-0.2, 0) is 10.5 Å². The summed E-state index contributed by atoms with van der Waals surface area (Å²) >= 11 is 2.85. The fourth-order valence-corrected chi connectivity index (χ4v) is 4.16. The number of carboxylic acid groups (broad SMARTS) is 1. The Labute approximate surface area is 174 Å². The number of aliphatic carboxylic acids is 1. The first kappa shape index (κ1) is 21.2. The SMILES string of the molecule is Cc1cc(SCc2nnc(-c3ccc(F)c(F)c3)s2)ccc1OC(C)(C)C(=O)O. The van der Waals surface area contributed by atoms with Gasteiger partial charge in [-0.25, -0.2) is 13.6 Å². The number of rotatable bonds is 7. The van der Waals surface area contributed by atoms with E-state index >= 15 is 0 Å². The van der Waals surface area contributed by atoms with Gasteiger partial charge in [0.15, 0.2) is 17.2 Å². The molecule has 0 bridgehead atoms. The molecular weight excluding hydrogens is 418 g/mol. The number of aromatic nitrogens is 2. The Morgan fingerprint density at radius 3 is 2.59 bits per heavy atom. The summed E-state index contributed by atoms with van der Waals surface area (Å²) in [7, 11) is 0. The Morgan fingerprint density at radius 2 is 1.93 bits per heavy atom. The summed E-state index contributed by atoms with van der Waals surface area (Å²) in [4.78, 5) is 12.2. The number of nitrogens with zero attached hydrogens (tertiary/aromatic N) is 2. The third-order valence-corrected chi connectivity index (χ3v) is 6.18. The van der Waals surface area contributed by atoms with Gasteiger partial charge in [0.25, 0.3) is 0 Å². The number of carboxylic acids is 1. The van der Waals surface area contributed by atoms with Crippen molar-refractivity contribution in [3.63, 3.8) is 0 Å². The highest BCUT2D eigenvalue weighted by molar-refractivity contribution is 7.98. The molecule has 9 heteroatoms. The van der Waals surface area contributed by atoms with Crippen molar-refractivity contribution in [2.45, 2.75) is 37.0 Å². The van der Waals surface area contributed by atoms with Crippen molar-refractivity contribution >= 4 is 29.1 Å². The van der Waals surface area contributed by atoms with Crippen LogP contribution in [0.3, 0.4) is 0 Å². The summed E-state index contributed by atoms with van der Waals surface area (Å²) in [5.74, 6) is -1.79. The molecule has 0 saturated heterocycles. The quantitative estimate of drug-likeness (QED) is 0.505. The molecule has 152 valence electrons. The average Bonchev–Trinajstić information content (AvgIpc) is 3.13. The van der Waals surface area contributed by atoms with Crippen molar-refractivity contribution in [1.29, 1.82) is 0 Å². The molecule has 0 radical (unpaired) electrons. The van der Waals surface area contributed by atoms with Gasteiger partial charge in [0.05, 0.1) is 5.75 Å². The molecule has 29 heavy (non-hydrogen) atoms. The molecule has 1 N–H and O–H groups in total. The first-order chi connectivity index (χ1) is 13.7. The minimum absolute atomic E-state index is 0.482. The molecule has 0 spiro atoms. The van der Waals surface area contributed by atoms with Gasteiger partial charge >= 0.3 is 5.97 Å². The van der Waals surface area contributed by atoms with E-state index in [0.29, 0.717) is 22.1 Å². The van der Waals surface area contributed by atoms with Crippen molar-refractivity contribution in [1.82, 2.24) is 10.2 Å². The lowest BCUT2D eigenvalue weighted by molar-refractivity contribution is -0.152. The summed E-state index contributed by atoms with van der Waals surface area (Å²) in [6.07, 6.45) is 0. The smallest absolute Gasteiger partial charge is 0.347 e. The van der Waals surface area contributed by atoms with E-state index in [2.05, 4.69) is 10.2 Å². The zero-order valence-corrected chi connectivity index (χ0v) is 17.5. The van der Waals surface area contributed by atoms with Gasteiger partial charge in [-0.3, -0.25) is 0 Å². The highest BCUT2D eigenvalue weighted by Crippen LogP contribution is 2.32. The minimum atomic E-state index is -1.32. The van der Waals surface area contributed by atoms with E-state index in [1.165, 1.54) is 43.0 Å². The number of thioether (sulfide) groups is 1. The predicted molar refractivity (Wildman–Crippen MR) is 108 cm³/mol. The van der Waals surface area contributed by atoms with E-state index in [1.807, 2.05) is 19.1 Å². The van der Waals surface area contributed by atoms with Crippen molar-refractivity contribution in [2.75, 3.05) is 0 Å². The van der Waals surface area contributed by atoms with Gasteiger partial charge in [0.1, 0.15) is 15.8 Å². The van der Waals surface area contributed by atoms with Gasteiger partial charge < -0.3 is 9.84 Å². The Bertz CT molecular complexity index is 1050. The van der Waals surface area contributed by atoms with Gasteiger partial charge in [0, 0.05) is 10.5 Å². The van der Waals surface area contributed by atoms with E-state index < -0.39 is 23.2 Å². The van der Waals surface area contributed by atoms with E-state index in [1.54, 1.807) is 6.07 Å².